The quantitative estimate of drug-likeness (QED) is 0.399. The molecule has 2 N–H and O–H groups in total. The van der Waals surface area contributed by atoms with Crippen molar-refractivity contribution in [2.24, 2.45) is 0 Å². The number of benzene rings is 3. The minimum Gasteiger partial charge on any atom is -0.488 e. The molecule has 3 aromatic carbocycles. The van der Waals surface area contributed by atoms with Crippen molar-refractivity contribution < 1.29 is 33.3 Å². The summed E-state index contributed by atoms with van der Waals surface area (Å²) in [5.41, 5.74) is 4.14. The van der Waals surface area contributed by atoms with Crippen LogP contribution in [-0.2, 0) is 29.1 Å². The number of aryl methyl sites for hydroxylation is 1. The van der Waals surface area contributed by atoms with Crippen molar-refractivity contribution in [1.82, 2.24) is 4.90 Å². The van der Waals surface area contributed by atoms with Gasteiger partial charge in [-0.3, -0.25) is 9.69 Å². The molecule has 0 spiro atoms. The molecule has 1 aliphatic heterocycles. The zero-order valence-electron chi connectivity index (χ0n) is 21.1. The second-order valence-corrected chi connectivity index (χ2v) is 10.1. The van der Waals surface area contributed by atoms with Gasteiger partial charge in [0.2, 0.25) is 0 Å². The minimum absolute atomic E-state index is 0.122. The van der Waals surface area contributed by atoms with Crippen molar-refractivity contribution in [3.05, 3.63) is 101 Å². The van der Waals surface area contributed by atoms with E-state index in [4.69, 9.17) is 9.47 Å². The Kier molecular flexibility index (Phi) is 7.47. The van der Waals surface area contributed by atoms with Crippen LogP contribution in [0.25, 0.3) is 0 Å². The summed E-state index contributed by atoms with van der Waals surface area (Å²) in [5.74, 6) is -3.22. The lowest BCUT2D eigenvalue weighted by Gasteiger charge is -2.43. The van der Waals surface area contributed by atoms with Crippen LogP contribution in [0.5, 0.6) is 5.75 Å². The molecule has 1 heterocycles. The zero-order chi connectivity index (χ0) is 26.9. The Morgan fingerprint density at radius 1 is 1.05 bits per heavy atom. The molecule has 2 aliphatic rings. The molecule has 0 amide bonds. The summed E-state index contributed by atoms with van der Waals surface area (Å²) < 4.78 is 39.2. The van der Waals surface area contributed by atoms with Gasteiger partial charge in [-0.1, -0.05) is 72.8 Å². The van der Waals surface area contributed by atoms with Gasteiger partial charge in [0.25, 0.3) is 5.92 Å². The first-order chi connectivity index (χ1) is 18.2. The zero-order valence-corrected chi connectivity index (χ0v) is 21.1. The average Bonchev–Trinajstić information content (AvgIpc) is 2.90. The number of carboxylic acid groups (broad SMARTS) is 1. The summed E-state index contributed by atoms with van der Waals surface area (Å²) in [7, 11) is 0. The van der Waals surface area contributed by atoms with Crippen molar-refractivity contribution >= 4 is 5.97 Å². The van der Waals surface area contributed by atoms with Gasteiger partial charge in [-0.25, -0.2) is 8.78 Å². The second kappa shape index (κ2) is 10.8. The molecule has 0 radical (unpaired) electrons. The van der Waals surface area contributed by atoms with Gasteiger partial charge in [-0.15, -0.1) is 0 Å². The molecule has 6 nitrogen and oxygen atoms in total. The van der Waals surface area contributed by atoms with E-state index in [-0.39, 0.29) is 13.0 Å². The molecule has 1 unspecified atom stereocenters. The van der Waals surface area contributed by atoms with E-state index in [2.05, 4.69) is 0 Å². The fourth-order valence-corrected chi connectivity index (χ4v) is 5.26. The first kappa shape index (κ1) is 26.3. The van der Waals surface area contributed by atoms with E-state index < -0.39 is 49.2 Å². The van der Waals surface area contributed by atoms with Crippen molar-refractivity contribution in [1.29, 1.82) is 0 Å². The Balaban J connectivity index is 1.42. The second-order valence-electron chi connectivity index (χ2n) is 10.1. The summed E-state index contributed by atoms with van der Waals surface area (Å²) in [5, 5.41) is 21.7. The molecule has 5 rings (SSSR count). The number of hydrogen-bond donors (Lipinski definition) is 2. The number of aliphatic hydroxyl groups excluding tert-OH is 1. The van der Waals surface area contributed by atoms with Crippen LogP contribution in [-0.4, -0.2) is 45.4 Å². The van der Waals surface area contributed by atoms with E-state index in [1.165, 1.54) is 4.90 Å². The maximum absolute atomic E-state index is 13.5. The molecule has 1 aliphatic carbocycles. The van der Waals surface area contributed by atoms with Gasteiger partial charge in [0.15, 0.2) is 0 Å². The monoisotopic (exact) mass is 523 g/mol. The van der Waals surface area contributed by atoms with Gasteiger partial charge in [-0.2, -0.15) is 0 Å². The number of hydrogen-bond acceptors (Lipinski definition) is 5. The molecule has 38 heavy (non-hydrogen) atoms. The number of ether oxygens (including phenoxy) is 2. The van der Waals surface area contributed by atoms with Gasteiger partial charge in [0.1, 0.15) is 30.7 Å². The number of carboxylic acids is 1. The lowest BCUT2D eigenvalue weighted by Crippen LogP contribution is -2.54. The van der Waals surface area contributed by atoms with Crippen LogP contribution in [0.2, 0.25) is 0 Å². The molecular weight excluding hydrogens is 492 g/mol. The maximum Gasteiger partial charge on any atom is 0.321 e. The normalized spacial score (nSPS) is 20.7. The largest absolute Gasteiger partial charge is 0.488 e. The van der Waals surface area contributed by atoms with Crippen LogP contribution < -0.4 is 4.74 Å². The van der Waals surface area contributed by atoms with Crippen LogP contribution in [0, 0.1) is 6.92 Å². The van der Waals surface area contributed by atoms with Crippen LogP contribution in [0.4, 0.5) is 8.78 Å². The van der Waals surface area contributed by atoms with E-state index in [0.29, 0.717) is 17.9 Å². The smallest absolute Gasteiger partial charge is 0.321 e. The molecule has 3 atom stereocenters. The number of nitrogens with zero attached hydrogens (tertiary/aromatic N) is 1. The standard InChI is InChI=1S/C30H31F2NO5/c1-19-12-13-22-17-33(25(29(35)36)14-24(22)26(19)37-18-20-8-4-2-5-9-20)28(34)27(21-10-6-3-7-11-21)38-23-15-30(31,32)16-23/h2-13,23,25,27-28,34H,14-18H2,1H3,(H,35,36)/t25-,27-,28?/m0/s1. The third-order valence-corrected chi connectivity index (χ3v) is 7.35. The van der Waals surface area contributed by atoms with Gasteiger partial charge in [0, 0.05) is 31.4 Å². The minimum atomic E-state index is -2.78. The topological polar surface area (TPSA) is 79.2 Å². The highest BCUT2D eigenvalue weighted by Crippen LogP contribution is 2.43. The Morgan fingerprint density at radius 2 is 1.71 bits per heavy atom. The molecule has 0 aromatic heterocycles. The van der Waals surface area contributed by atoms with E-state index in [1.807, 2.05) is 49.4 Å². The van der Waals surface area contributed by atoms with Crippen molar-refractivity contribution in [2.45, 2.75) is 69.7 Å². The Hall–Kier alpha value is -3.33. The predicted octanol–water partition coefficient (Wildman–Crippen LogP) is 5.26. The molecule has 200 valence electrons. The highest BCUT2D eigenvalue weighted by atomic mass is 19.3. The van der Waals surface area contributed by atoms with E-state index in [9.17, 15) is 23.8 Å². The van der Waals surface area contributed by atoms with E-state index in [0.717, 1.165) is 22.3 Å². The Labute approximate surface area is 220 Å². The highest BCUT2D eigenvalue weighted by Gasteiger charge is 2.49. The summed E-state index contributed by atoms with van der Waals surface area (Å²) in [6.07, 6.45) is -3.79. The molecule has 0 bridgehead atoms. The lowest BCUT2D eigenvalue weighted by atomic mass is 9.89. The van der Waals surface area contributed by atoms with Crippen molar-refractivity contribution in [3.63, 3.8) is 0 Å². The summed E-state index contributed by atoms with van der Waals surface area (Å²) in [6, 6.07) is 21.3. The summed E-state index contributed by atoms with van der Waals surface area (Å²) in [6.45, 7) is 2.41. The Morgan fingerprint density at radius 3 is 2.34 bits per heavy atom. The summed E-state index contributed by atoms with van der Waals surface area (Å²) >= 11 is 0. The maximum atomic E-state index is 13.5. The number of aliphatic hydroxyl groups is 1. The van der Waals surface area contributed by atoms with E-state index >= 15 is 0 Å². The van der Waals surface area contributed by atoms with Crippen LogP contribution >= 0.6 is 0 Å². The van der Waals surface area contributed by atoms with Crippen LogP contribution in [0.15, 0.2) is 72.8 Å². The Bertz CT molecular complexity index is 1260. The number of halogens is 2. The first-order valence-corrected chi connectivity index (χ1v) is 12.7. The third-order valence-electron chi connectivity index (χ3n) is 7.35. The molecule has 3 aromatic rings. The van der Waals surface area contributed by atoms with Gasteiger partial charge < -0.3 is 19.7 Å². The number of rotatable bonds is 9. The summed E-state index contributed by atoms with van der Waals surface area (Å²) in [4.78, 5) is 13.9. The molecule has 1 saturated carbocycles. The molecular formula is C30H31F2NO5. The predicted molar refractivity (Wildman–Crippen MR) is 137 cm³/mol. The average molecular weight is 524 g/mol. The van der Waals surface area contributed by atoms with E-state index in [1.54, 1.807) is 30.3 Å². The van der Waals surface area contributed by atoms with Crippen LogP contribution in [0.3, 0.4) is 0 Å². The number of aliphatic carboxylic acids is 1. The first-order valence-electron chi connectivity index (χ1n) is 12.7. The highest BCUT2D eigenvalue weighted by molar-refractivity contribution is 5.75. The fraction of sp³-hybridized carbons (Fsp3) is 0.367. The van der Waals surface area contributed by atoms with Gasteiger partial charge in [-0.05, 0) is 29.2 Å². The SMILES string of the molecule is Cc1ccc2c(c1OCc1ccccc1)C[C@@H](C(=O)O)N(C(O)[C@@H](OC1CC(F)(F)C1)c1ccccc1)C2. The number of fused-ring (bicyclic) bond motifs is 1. The van der Waals surface area contributed by atoms with Gasteiger partial charge >= 0.3 is 5.97 Å². The number of alkyl halides is 2. The van der Waals surface area contributed by atoms with Gasteiger partial charge in [0.05, 0.1) is 6.10 Å². The number of carbonyl (C=O) groups is 1. The molecule has 0 saturated heterocycles. The van der Waals surface area contributed by atoms with Crippen molar-refractivity contribution in [2.75, 3.05) is 0 Å². The third kappa shape index (κ3) is 5.57. The van der Waals surface area contributed by atoms with Crippen LogP contribution in [0.1, 0.15) is 46.8 Å². The molecule has 8 heteroatoms. The fourth-order valence-electron chi connectivity index (χ4n) is 5.26. The van der Waals surface area contributed by atoms with Crippen molar-refractivity contribution in [3.8, 4) is 5.75 Å². The lowest BCUT2D eigenvalue weighted by molar-refractivity contribution is -0.219. The molecule has 1 fully saturated rings.